The van der Waals surface area contributed by atoms with E-state index in [9.17, 15) is 4.79 Å². The first kappa shape index (κ1) is 12.4. The Bertz CT molecular complexity index is 368. The minimum Gasteiger partial charge on any atom is -0.395 e. The summed E-state index contributed by atoms with van der Waals surface area (Å²) in [6, 6.07) is -0.0112. The van der Waals surface area contributed by atoms with Crippen LogP contribution in [0.3, 0.4) is 0 Å². The molecule has 0 aromatic carbocycles. The summed E-state index contributed by atoms with van der Waals surface area (Å²) < 4.78 is 0. The Morgan fingerprint density at radius 1 is 1.56 bits per heavy atom. The zero-order valence-corrected chi connectivity index (χ0v) is 9.42. The van der Waals surface area contributed by atoms with E-state index in [0.717, 1.165) is 0 Å². The van der Waals surface area contributed by atoms with Crippen LogP contribution in [-0.2, 0) is 0 Å². The zero-order valence-electron chi connectivity index (χ0n) is 9.42. The van der Waals surface area contributed by atoms with E-state index in [1.807, 2.05) is 13.8 Å². The lowest BCUT2D eigenvalue weighted by Gasteiger charge is -2.25. The first-order chi connectivity index (χ1) is 7.56. The lowest BCUT2D eigenvalue weighted by Crippen LogP contribution is -2.39. The number of aliphatic hydroxyl groups is 1. The van der Waals surface area contributed by atoms with Gasteiger partial charge in [-0.25, -0.2) is 4.98 Å². The van der Waals surface area contributed by atoms with Gasteiger partial charge >= 0.3 is 0 Å². The molecule has 0 saturated carbocycles. The third kappa shape index (κ3) is 2.90. The lowest BCUT2D eigenvalue weighted by molar-refractivity contribution is 0.0659. The highest BCUT2D eigenvalue weighted by molar-refractivity contribution is 5.92. The first-order valence-corrected chi connectivity index (χ1v) is 5.05. The highest BCUT2D eigenvalue weighted by Gasteiger charge is 2.19. The Hall–Kier alpha value is -1.69. The van der Waals surface area contributed by atoms with Crippen LogP contribution in [0.2, 0.25) is 0 Å². The second-order valence-electron chi connectivity index (χ2n) is 3.65. The second-order valence-corrected chi connectivity index (χ2v) is 3.65. The van der Waals surface area contributed by atoms with Gasteiger partial charge in [0.15, 0.2) is 0 Å². The van der Waals surface area contributed by atoms with Crippen molar-refractivity contribution < 1.29 is 9.90 Å². The van der Waals surface area contributed by atoms with Gasteiger partial charge in [0.05, 0.1) is 19.0 Å². The average Bonchev–Trinajstić information content (AvgIpc) is 2.24. The molecule has 1 aromatic heterocycles. The molecule has 88 valence electrons. The Morgan fingerprint density at radius 2 is 2.25 bits per heavy atom. The molecule has 0 unspecified atom stereocenters. The summed E-state index contributed by atoms with van der Waals surface area (Å²) in [4.78, 5) is 21.2. The third-order valence-corrected chi connectivity index (χ3v) is 2.10. The number of aliphatic hydroxyl groups excluding tert-OH is 1. The topological polar surface area (TPSA) is 92.3 Å². The number of nitrogens with two attached hydrogens (primary N) is 1. The van der Waals surface area contributed by atoms with Gasteiger partial charge < -0.3 is 15.7 Å². The number of anilines is 1. The Kier molecular flexibility index (Phi) is 4.19. The maximum Gasteiger partial charge on any atom is 0.274 e. The van der Waals surface area contributed by atoms with Crippen LogP contribution < -0.4 is 5.73 Å². The molecule has 3 N–H and O–H groups in total. The fraction of sp³-hybridized carbons (Fsp3) is 0.500. The number of aromatic nitrogens is 2. The molecule has 0 saturated heterocycles. The van der Waals surface area contributed by atoms with Crippen LogP contribution in [0.1, 0.15) is 24.3 Å². The first-order valence-electron chi connectivity index (χ1n) is 5.05. The average molecular weight is 224 g/mol. The number of nitrogen functional groups attached to an aromatic ring is 1. The van der Waals surface area contributed by atoms with E-state index in [-0.39, 0.29) is 36.6 Å². The molecule has 0 atom stereocenters. The monoisotopic (exact) mass is 224 g/mol. The van der Waals surface area contributed by atoms with Gasteiger partial charge in [-0.05, 0) is 13.8 Å². The summed E-state index contributed by atoms with van der Waals surface area (Å²) in [5, 5.41) is 8.88. The summed E-state index contributed by atoms with van der Waals surface area (Å²) in [6.45, 7) is 3.92. The van der Waals surface area contributed by atoms with Crippen molar-refractivity contribution in [2.45, 2.75) is 19.9 Å². The molecule has 0 fully saturated rings. The van der Waals surface area contributed by atoms with Gasteiger partial charge in [-0.1, -0.05) is 0 Å². The number of nitrogens with zero attached hydrogens (tertiary/aromatic N) is 3. The number of hydrogen-bond donors (Lipinski definition) is 2. The van der Waals surface area contributed by atoms with E-state index in [4.69, 9.17) is 10.8 Å². The van der Waals surface area contributed by atoms with E-state index >= 15 is 0 Å². The van der Waals surface area contributed by atoms with E-state index in [2.05, 4.69) is 9.97 Å². The number of hydrogen-bond acceptors (Lipinski definition) is 5. The Morgan fingerprint density at radius 3 is 2.75 bits per heavy atom. The number of carbonyl (C=O) groups excluding carboxylic acids is 1. The van der Waals surface area contributed by atoms with Crippen LogP contribution in [-0.4, -0.2) is 45.1 Å². The van der Waals surface area contributed by atoms with Gasteiger partial charge in [-0.2, -0.15) is 0 Å². The van der Waals surface area contributed by atoms with Crippen molar-refractivity contribution in [1.82, 2.24) is 14.9 Å². The number of carbonyl (C=O) groups is 1. The van der Waals surface area contributed by atoms with Crippen LogP contribution >= 0.6 is 0 Å². The molecular formula is C10H16N4O2. The zero-order chi connectivity index (χ0) is 12.1. The molecule has 1 rings (SSSR count). The van der Waals surface area contributed by atoms with Gasteiger partial charge in [0.2, 0.25) is 0 Å². The van der Waals surface area contributed by atoms with Gasteiger partial charge in [0.25, 0.3) is 5.91 Å². The predicted molar refractivity (Wildman–Crippen MR) is 59.7 cm³/mol. The second kappa shape index (κ2) is 5.41. The van der Waals surface area contributed by atoms with Gasteiger partial charge in [0.1, 0.15) is 11.5 Å². The molecule has 0 aliphatic rings. The van der Waals surface area contributed by atoms with Crippen molar-refractivity contribution in [2.24, 2.45) is 0 Å². The summed E-state index contributed by atoms with van der Waals surface area (Å²) in [6.07, 6.45) is 2.74. The molecule has 0 radical (unpaired) electrons. The molecule has 16 heavy (non-hydrogen) atoms. The Labute approximate surface area is 94.1 Å². The molecule has 1 aromatic rings. The lowest BCUT2D eigenvalue weighted by atomic mass is 10.2. The smallest absolute Gasteiger partial charge is 0.274 e. The quantitative estimate of drug-likeness (QED) is 0.745. The third-order valence-electron chi connectivity index (χ3n) is 2.10. The van der Waals surface area contributed by atoms with E-state index in [0.29, 0.717) is 0 Å². The molecule has 6 nitrogen and oxygen atoms in total. The molecule has 0 aliphatic carbocycles. The predicted octanol–water partition coefficient (Wildman–Crippen LogP) is -0.0983. The van der Waals surface area contributed by atoms with Crippen molar-refractivity contribution >= 4 is 11.7 Å². The Balaban J connectivity index is 2.90. The largest absolute Gasteiger partial charge is 0.395 e. The standard InChI is InChI=1S/C10H16N4O2/c1-7(2)14(3-4-15)10(16)8-5-12-6-9(11)13-8/h5-7,15H,3-4H2,1-2H3,(H2,11,13). The fourth-order valence-electron chi connectivity index (χ4n) is 1.33. The van der Waals surface area contributed by atoms with E-state index in [1.165, 1.54) is 17.3 Å². The van der Waals surface area contributed by atoms with Crippen LogP contribution in [0.4, 0.5) is 5.82 Å². The van der Waals surface area contributed by atoms with Gasteiger partial charge in [-0.15, -0.1) is 0 Å². The van der Waals surface area contributed by atoms with Crippen molar-refractivity contribution in [3.8, 4) is 0 Å². The van der Waals surface area contributed by atoms with E-state index < -0.39 is 0 Å². The van der Waals surface area contributed by atoms with Crippen LogP contribution in [0, 0.1) is 0 Å². The minimum atomic E-state index is -0.274. The fourth-order valence-corrected chi connectivity index (χ4v) is 1.33. The highest BCUT2D eigenvalue weighted by atomic mass is 16.3. The van der Waals surface area contributed by atoms with Crippen molar-refractivity contribution in [1.29, 1.82) is 0 Å². The van der Waals surface area contributed by atoms with Crippen LogP contribution in [0.25, 0.3) is 0 Å². The highest BCUT2D eigenvalue weighted by Crippen LogP contribution is 2.06. The summed E-state index contributed by atoms with van der Waals surface area (Å²) in [5.41, 5.74) is 5.65. The van der Waals surface area contributed by atoms with Crippen molar-refractivity contribution in [3.05, 3.63) is 18.1 Å². The SMILES string of the molecule is CC(C)N(CCO)C(=O)c1cncc(N)n1. The summed E-state index contributed by atoms with van der Waals surface area (Å²) >= 11 is 0. The van der Waals surface area contributed by atoms with Crippen molar-refractivity contribution in [2.75, 3.05) is 18.9 Å². The number of amides is 1. The molecule has 0 spiro atoms. The molecule has 6 heteroatoms. The molecule has 0 aliphatic heterocycles. The van der Waals surface area contributed by atoms with Gasteiger partial charge in [0, 0.05) is 12.6 Å². The summed E-state index contributed by atoms with van der Waals surface area (Å²) in [5.74, 6) is -0.0672. The van der Waals surface area contributed by atoms with Gasteiger partial charge in [-0.3, -0.25) is 9.78 Å². The minimum absolute atomic E-state index is 0.0112. The molecule has 0 bridgehead atoms. The van der Waals surface area contributed by atoms with Crippen LogP contribution in [0.5, 0.6) is 0 Å². The molecule has 1 heterocycles. The molecular weight excluding hydrogens is 208 g/mol. The normalized spacial score (nSPS) is 10.5. The van der Waals surface area contributed by atoms with Crippen molar-refractivity contribution in [3.63, 3.8) is 0 Å². The maximum absolute atomic E-state index is 12.0. The van der Waals surface area contributed by atoms with E-state index in [1.54, 1.807) is 0 Å². The van der Waals surface area contributed by atoms with Crippen LogP contribution in [0.15, 0.2) is 12.4 Å². The number of rotatable bonds is 4. The summed E-state index contributed by atoms with van der Waals surface area (Å²) in [7, 11) is 0. The maximum atomic E-state index is 12.0. The molecule has 1 amide bonds.